The number of hydrogen-bond donors (Lipinski definition) is 0. The minimum absolute atomic E-state index is 0.259. The molecule has 108 valence electrons. The molecule has 19 heavy (non-hydrogen) atoms. The molecule has 5 heteroatoms. The maximum absolute atomic E-state index is 12.1. The maximum atomic E-state index is 12.1. The number of ether oxygens (including phenoxy) is 1. The van der Waals surface area contributed by atoms with Crippen LogP contribution in [0.15, 0.2) is 30.3 Å². The zero-order chi connectivity index (χ0) is 14.3. The molecule has 0 bridgehead atoms. The van der Waals surface area contributed by atoms with Gasteiger partial charge in [-0.05, 0) is 0 Å². The molecule has 1 rings (SSSR count). The Morgan fingerprint density at radius 2 is 1.89 bits per heavy atom. The zero-order valence-corrected chi connectivity index (χ0v) is 14.5. The molecular formula is C14H20Cl2O2Se. The molecule has 0 saturated heterocycles. The van der Waals surface area contributed by atoms with Crippen molar-refractivity contribution in [1.82, 2.24) is 0 Å². The Balaban J connectivity index is 2.97. The van der Waals surface area contributed by atoms with Crippen molar-refractivity contribution in [3.8, 4) is 0 Å². The molecule has 0 heterocycles. The summed E-state index contributed by atoms with van der Waals surface area (Å²) in [6, 6.07) is 9.51. The molecule has 2 nitrogen and oxygen atoms in total. The van der Waals surface area contributed by atoms with Crippen molar-refractivity contribution < 1.29 is 9.53 Å². The van der Waals surface area contributed by atoms with Crippen LogP contribution in [0.5, 0.6) is 0 Å². The van der Waals surface area contributed by atoms with E-state index in [4.69, 9.17) is 24.9 Å². The molecule has 0 fully saturated rings. The molecule has 0 saturated carbocycles. The molecule has 0 radical (unpaired) electrons. The summed E-state index contributed by atoms with van der Waals surface area (Å²) in [6.45, 7) is 4.24. The summed E-state index contributed by atoms with van der Waals surface area (Å²) in [7, 11) is 13.2. The SMILES string of the molecule is CCCCC(C(=O)OCC)[Se](Cl)(Cl)c1ccccc1. The number of esters is 1. The first kappa shape index (κ1) is 16.8. The Hall–Kier alpha value is -0.211. The van der Waals surface area contributed by atoms with Crippen LogP contribution in [0.25, 0.3) is 0 Å². The van der Waals surface area contributed by atoms with Crippen LogP contribution in [0.2, 0.25) is 4.82 Å². The standard InChI is InChI=1S/C14H20Cl2O2Se/c1-3-5-11-13(14(17)18-4-2)19(15,16)12-9-7-6-8-10-12/h6-10,13H,3-5,11H2,1-2H3. The van der Waals surface area contributed by atoms with Gasteiger partial charge in [-0.15, -0.1) is 0 Å². The van der Waals surface area contributed by atoms with Crippen LogP contribution in [0, 0.1) is 0 Å². The summed E-state index contributed by atoms with van der Waals surface area (Å²) >= 11 is -3.08. The Labute approximate surface area is 126 Å². The molecule has 1 atom stereocenters. The Morgan fingerprint density at radius 1 is 1.26 bits per heavy atom. The molecule has 0 amide bonds. The van der Waals surface area contributed by atoms with E-state index in [0.717, 1.165) is 17.3 Å². The van der Waals surface area contributed by atoms with E-state index in [9.17, 15) is 4.79 Å². The van der Waals surface area contributed by atoms with Gasteiger partial charge in [0.2, 0.25) is 0 Å². The van der Waals surface area contributed by atoms with E-state index in [0.29, 0.717) is 13.0 Å². The summed E-state index contributed by atoms with van der Waals surface area (Å²) in [4.78, 5) is 11.7. The van der Waals surface area contributed by atoms with Crippen LogP contribution in [-0.4, -0.2) is 23.6 Å². The normalized spacial score (nSPS) is 13.9. The van der Waals surface area contributed by atoms with Gasteiger partial charge in [0, 0.05) is 0 Å². The minimum atomic E-state index is -3.08. The van der Waals surface area contributed by atoms with Crippen LogP contribution in [0.4, 0.5) is 0 Å². The first-order chi connectivity index (χ1) is 9.04. The van der Waals surface area contributed by atoms with E-state index in [-0.39, 0.29) is 10.8 Å². The van der Waals surface area contributed by atoms with Gasteiger partial charge in [0.05, 0.1) is 0 Å². The summed E-state index contributed by atoms with van der Waals surface area (Å²) in [6.07, 6.45) is 2.62. The van der Waals surface area contributed by atoms with E-state index in [1.54, 1.807) is 6.92 Å². The third kappa shape index (κ3) is 4.68. The number of benzene rings is 1. The molecule has 1 aromatic rings. The second-order valence-electron chi connectivity index (χ2n) is 4.20. The second-order valence-corrected chi connectivity index (χ2v) is 14.4. The van der Waals surface area contributed by atoms with Gasteiger partial charge in [0.1, 0.15) is 0 Å². The Kier molecular flexibility index (Phi) is 7.23. The van der Waals surface area contributed by atoms with E-state index in [1.807, 2.05) is 30.3 Å². The monoisotopic (exact) mass is 370 g/mol. The van der Waals surface area contributed by atoms with Gasteiger partial charge >= 0.3 is 126 Å². The number of hydrogen-bond acceptors (Lipinski definition) is 2. The van der Waals surface area contributed by atoms with Crippen molar-refractivity contribution in [3.63, 3.8) is 0 Å². The number of halogens is 2. The van der Waals surface area contributed by atoms with Gasteiger partial charge in [-0.3, -0.25) is 0 Å². The quantitative estimate of drug-likeness (QED) is 0.537. The fourth-order valence-electron chi connectivity index (χ4n) is 1.78. The van der Waals surface area contributed by atoms with Crippen LogP contribution in [-0.2, 0) is 9.53 Å². The molecule has 0 aliphatic rings. The molecule has 0 N–H and O–H groups in total. The fraction of sp³-hybridized carbons (Fsp3) is 0.500. The molecule has 0 aliphatic heterocycles. The first-order valence-electron chi connectivity index (χ1n) is 6.47. The van der Waals surface area contributed by atoms with Crippen molar-refractivity contribution in [2.75, 3.05) is 6.61 Å². The number of unbranched alkanes of at least 4 members (excludes halogenated alkanes) is 1. The number of carbonyl (C=O) groups excluding carboxylic acids is 1. The Bertz CT molecular complexity index is 396. The van der Waals surface area contributed by atoms with Gasteiger partial charge < -0.3 is 0 Å². The molecule has 0 aliphatic carbocycles. The summed E-state index contributed by atoms with van der Waals surface area (Å²) < 4.78 is 6.03. The van der Waals surface area contributed by atoms with Gasteiger partial charge in [-0.2, -0.15) is 0 Å². The van der Waals surface area contributed by atoms with E-state index in [2.05, 4.69) is 6.92 Å². The van der Waals surface area contributed by atoms with E-state index >= 15 is 0 Å². The number of rotatable bonds is 7. The van der Waals surface area contributed by atoms with Crippen LogP contribution >= 0.6 is 20.2 Å². The molecule has 1 aromatic carbocycles. The molecule has 1 unspecified atom stereocenters. The van der Waals surface area contributed by atoms with Gasteiger partial charge in [0.15, 0.2) is 0 Å². The zero-order valence-electron chi connectivity index (χ0n) is 11.3. The number of carbonyl (C=O) groups is 1. The Morgan fingerprint density at radius 3 is 2.42 bits per heavy atom. The van der Waals surface area contributed by atoms with Crippen molar-refractivity contribution in [1.29, 1.82) is 0 Å². The predicted molar refractivity (Wildman–Crippen MR) is 83.4 cm³/mol. The predicted octanol–water partition coefficient (Wildman–Crippen LogP) is 3.94. The topological polar surface area (TPSA) is 26.3 Å². The van der Waals surface area contributed by atoms with E-state index in [1.165, 1.54) is 0 Å². The van der Waals surface area contributed by atoms with E-state index < -0.39 is 11.0 Å². The van der Waals surface area contributed by atoms with Crippen molar-refractivity contribution in [2.45, 2.75) is 37.9 Å². The molecule has 0 aromatic heterocycles. The summed E-state index contributed by atoms with van der Waals surface area (Å²) in [5.41, 5.74) is 0. The first-order valence-corrected chi connectivity index (χ1v) is 12.8. The third-order valence-electron chi connectivity index (χ3n) is 2.78. The molecular weight excluding hydrogens is 350 g/mol. The second kappa shape index (κ2) is 8.16. The van der Waals surface area contributed by atoms with Crippen molar-refractivity contribution in [2.24, 2.45) is 0 Å². The van der Waals surface area contributed by atoms with Crippen LogP contribution in [0.3, 0.4) is 0 Å². The average molecular weight is 370 g/mol. The average Bonchev–Trinajstić information content (AvgIpc) is 2.40. The van der Waals surface area contributed by atoms with Gasteiger partial charge in [-0.1, -0.05) is 0 Å². The van der Waals surface area contributed by atoms with Crippen LogP contribution in [0.1, 0.15) is 33.1 Å². The van der Waals surface area contributed by atoms with Crippen molar-refractivity contribution in [3.05, 3.63) is 30.3 Å². The van der Waals surface area contributed by atoms with Crippen LogP contribution < -0.4 is 4.46 Å². The fourth-order valence-corrected chi connectivity index (χ4v) is 7.93. The molecule has 0 spiro atoms. The summed E-state index contributed by atoms with van der Waals surface area (Å²) in [5, 5.41) is 0. The van der Waals surface area contributed by atoms with Gasteiger partial charge in [0.25, 0.3) is 0 Å². The van der Waals surface area contributed by atoms with Crippen molar-refractivity contribution >= 4 is 41.6 Å². The summed E-state index contributed by atoms with van der Waals surface area (Å²) in [5.74, 6) is -0.259. The third-order valence-corrected chi connectivity index (χ3v) is 11.2. The van der Waals surface area contributed by atoms with Gasteiger partial charge in [-0.25, -0.2) is 0 Å².